The van der Waals surface area contributed by atoms with Crippen LogP contribution in [0.5, 0.6) is 0 Å². The fourth-order valence-electron chi connectivity index (χ4n) is 0. The van der Waals surface area contributed by atoms with E-state index in [1.54, 1.807) is 0 Å². The van der Waals surface area contributed by atoms with Crippen LogP contribution in [0.2, 0.25) is 0 Å². The van der Waals surface area contributed by atoms with Crippen LogP contribution in [0, 0.1) is 0 Å². The molecule has 2 heteroatoms. The average Bonchev–Trinajstić information content (AvgIpc) is 1.00. The van der Waals surface area contributed by atoms with Gasteiger partial charge in [0.15, 0.2) is 0 Å². The van der Waals surface area contributed by atoms with Gasteiger partial charge in [0, 0.05) is 27.2 Å². The topological polar surface area (TPSA) is 20.2 Å². The van der Waals surface area contributed by atoms with Crippen molar-refractivity contribution in [2.75, 3.05) is 7.11 Å². The molecule has 1 radical (unpaired) electrons. The van der Waals surface area contributed by atoms with Crippen LogP contribution >= 0.6 is 0 Å². The van der Waals surface area contributed by atoms with Crippen molar-refractivity contribution in [3.05, 3.63) is 0 Å². The van der Waals surface area contributed by atoms with Gasteiger partial charge in [0.1, 0.15) is 0 Å². The van der Waals surface area contributed by atoms with Crippen LogP contribution < -0.4 is 0 Å². The minimum atomic E-state index is 0. The molecule has 0 spiro atoms. The van der Waals surface area contributed by atoms with Crippen molar-refractivity contribution in [2.45, 2.75) is 7.43 Å². The van der Waals surface area contributed by atoms with Gasteiger partial charge in [0.25, 0.3) is 0 Å². The first-order valence-corrected chi connectivity index (χ1v) is 0.447. The summed E-state index contributed by atoms with van der Waals surface area (Å²) in [5.41, 5.74) is 0. The van der Waals surface area contributed by atoms with E-state index in [0.717, 1.165) is 7.11 Å². The molecule has 0 saturated carbocycles. The minimum absolute atomic E-state index is 0. The summed E-state index contributed by atoms with van der Waals surface area (Å²) in [5, 5.41) is 7.00. The van der Waals surface area contributed by atoms with E-state index < -0.39 is 0 Å². The second-order valence-corrected chi connectivity index (χ2v) is 0. The molecule has 4 heavy (non-hydrogen) atoms. The Kier molecular flexibility index (Phi) is 384. The summed E-state index contributed by atoms with van der Waals surface area (Å²) in [5.74, 6) is 0. The van der Waals surface area contributed by atoms with Crippen molar-refractivity contribution in [3.8, 4) is 0 Å². The molecule has 0 unspecified atom stereocenters. The number of hydrogen-bond acceptors (Lipinski definition) is 1. The fraction of sp³-hybridized carbons (Fsp3) is 1.00. The third kappa shape index (κ3) is 18.2. The van der Waals surface area contributed by atoms with Gasteiger partial charge < -0.3 is 5.11 Å². The molecule has 0 saturated heterocycles. The maximum atomic E-state index is 7.00. The van der Waals surface area contributed by atoms with Crippen LogP contribution in [0.1, 0.15) is 7.43 Å². The molecule has 0 atom stereocenters. The molecule has 0 aliphatic rings. The molecule has 0 aliphatic carbocycles. The molecule has 0 aliphatic heterocycles. The van der Waals surface area contributed by atoms with E-state index in [-0.39, 0.29) is 27.5 Å². The van der Waals surface area contributed by atoms with Gasteiger partial charge in [-0.1, -0.05) is 7.43 Å². The van der Waals surface area contributed by atoms with E-state index in [1.807, 2.05) is 0 Å². The third-order valence-corrected chi connectivity index (χ3v) is 0. The molecule has 0 fully saturated rings. The third-order valence-electron chi connectivity index (χ3n) is 0. The zero-order valence-electron chi connectivity index (χ0n) is 1.78. The first-order chi connectivity index (χ1) is 1.00. The van der Waals surface area contributed by atoms with E-state index in [2.05, 4.69) is 0 Å². The molecule has 1 nitrogen and oxygen atoms in total. The first-order valence-electron chi connectivity index (χ1n) is 0.447. The summed E-state index contributed by atoms with van der Waals surface area (Å²) in [6, 6.07) is 0. The summed E-state index contributed by atoms with van der Waals surface area (Å²) in [7, 11) is 1.00. The van der Waals surface area contributed by atoms with Crippen LogP contribution in [-0.4, -0.2) is 12.2 Å². The largest absolute Gasteiger partial charge is 0.400 e. The Morgan fingerprint density at radius 1 is 1.25 bits per heavy atom. The van der Waals surface area contributed by atoms with Gasteiger partial charge in [0.2, 0.25) is 0 Å². The number of hydrogen-bond donors (Lipinski definition) is 1. The zero-order valence-corrected chi connectivity index (χ0v) is 4.18. The Balaban J connectivity index is -0.00000000500. The summed E-state index contributed by atoms with van der Waals surface area (Å²) in [6.45, 7) is 0. The van der Waals surface area contributed by atoms with Gasteiger partial charge in [-0.15, -0.1) is 0 Å². The van der Waals surface area contributed by atoms with Gasteiger partial charge in [-0.25, -0.2) is 0 Å². The Morgan fingerprint density at radius 2 is 1.25 bits per heavy atom. The predicted molar refractivity (Wildman–Crippen MR) is 14.9 cm³/mol. The van der Waals surface area contributed by atoms with Crippen molar-refractivity contribution in [2.24, 2.45) is 0 Å². The van der Waals surface area contributed by atoms with Crippen molar-refractivity contribution < 1.29 is 25.2 Å². The van der Waals surface area contributed by atoms with Gasteiger partial charge in [0.05, 0.1) is 0 Å². The Bertz CT molecular complexity index is 6.00. The molecule has 0 amide bonds. The van der Waals surface area contributed by atoms with Crippen molar-refractivity contribution in [3.63, 3.8) is 0 Å². The Morgan fingerprint density at radius 3 is 1.25 bits per heavy atom. The smallest absolute Gasteiger partial charge is 0.0319 e. The minimum Gasteiger partial charge on any atom is -0.400 e. The molecule has 0 aromatic carbocycles. The Hall–Kier alpha value is 0.609. The average molecular weight is 240 g/mol. The Labute approximate surface area is 40.4 Å². The van der Waals surface area contributed by atoms with E-state index in [1.165, 1.54) is 0 Å². The first kappa shape index (κ1) is 23.2. The molecular formula is C2H8IrO. The van der Waals surface area contributed by atoms with Gasteiger partial charge >= 0.3 is 0 Å². The second kappa shape index (κ2) is 66.2. The standard InChI is InChI=1S/CH4O.CH4.Ir/c1-2;;/h2H,1H3;1H4;. The fourth-order valence-corrected chi connectivity index (χ4v) is 0. The number of rotatable bonds is 0. The summed E-state index contributed by atoms with van der Waals surface area (Å²) >= 11 is 0. The molecule has 1 N–H and O–H groups in total. The van der Waals surface area contributed by atoms with E-state index in [4.69, 9.17) is 5.11 Å². The number of aliphatic hydroxyl groups is 1. The van der Waals surface area contributed by atoms with E-state index >= 15 is 0 Å². The summed E-state index contributed by atoms with van der Waals surface area (Å²) in [4.78, 5) is 0. The molecule has 0 heterocycles. The van der Waals surface area contributed by atoms with Gasteiger partial charge in [-0.05, 0) is 0 Å². The number of aliphatic hydroxyl groups excluding tert-OH is 1. The molecule has 0 rings (SSSR count). The van der Waals surface area contributed by atoms with Crippen molar-refractivity contribution in [1.29, 1.82) is 0 Å². The summed E-state index contributed by atoms with van der Waals surface area (Å²) < 4.78 is 0. The van der Waals surface area contributed by atoms with Crippen LogP contribution in [0.15, 0.2) is 0 Å². The predicted octanol–water partition coefficient (Wildman–Crippen LogP) is 0.242. The molecule has 31 valence electrons. The van der Waals surface area contributed by atoms with E-state index in [9.17, 15) is 0 Å². The maximum absolute atomic E-state index is 7.00. The van der Waals surface area contributed by atoms with E-state index in [0.29, 0.717) is 0 Å². The second-order valence-electron chi connectivity index (χ2n) is 0. The van der Waals surface area contributed by atoms with Crippen LogP contribution in [-0.2, 0) is 20.1 Å². The molecular weight excluding hydrogens is 232 g/mol. The zero-order chi connectivity index (χ0) is 2.00. The van der Waals surface area contributed by atoms with Crippen LogP contribution in [0.4, 0.5) is 0 Å². The van der Waals surface area contributed by atoms with Crippen LogP contribution in [0.25, 0.3) is 0 Å². The molecule has 0 bridgehead atoms. The molecule has 0 aromatic heterocycles. The quantitative estimate of drug-likeness (QED) is 0.643. The SMILES string of the molecule is C.CO.[Ir]. The van der Waals surface area contributed by atoms with Gasteiger partial charge in [-0.2, -0.15) is 0 Å². The van der Waals surface area contributed by atoms with Gasteiger partial charge in [-0.3, -0.25) is 0 Å². The maximum Gasteiger partial charge on any atom is 0.0319 e. The summed E-state index contributed by atoms with van der Waals surface area (Å²) in [6.07, 6.45) is 0. The van der Waals surface area contributed by atoms with Crippen LogP contribution in [0.3, 0.4) is 0 Å². The molecule has 0 aromatic rings. The van der Waals surface area contributed by atoms with Crippen molar-refractivity contribution in [1.82, 2.24) is 0 Å². The monoisotopic (exact) mass is 241 g/mol. The van der Waals surface area contributed by atoms with Crippen molar-refractivity contribution >= 4 is 0 Å². The normalized spacial score (nSPS) is 1.50.